The molecule has 3 rings (SSSR count). The van der Waals surface area contributed by atoms with Crippen LogP contribution in [-0.4, -0.2) is 9.55 Å². The molecule has 0 aliphatic carbocycles. The SMILES string of the molecule is c1cnc2cc3n(c2c1)CCC3. The molecule has 2 heteroatoms. The first-order chi connectivity index (χ1) is 5.95. The van der Waals surface area contributed by atoms with Crippen molar-refractivity contribution < 1.29 is 0 Å². The largest absolute Gasteiger partial charge is 0.343 e. The van der Waals surface area contributed by atoms with E-state index in [2.05, 4.69) is 21.7 Å². The van der Waals surface area contributed by atoms with Gasteiger partial charge in [0.25, 0.3) is 0 Å². The third-order valence-electron chi connectivity index (χ3n) is 2.57. The predicted octanol–water partition coefficient (Wildman–Crippen LogP) is 1.98. The molecule has 2 aromatic heterocycles. The normalized spacial score (nSPS) is 15.3. The third kappa shape index (κ3) is 0.670. The zero-order valence-corrected chi connectivity index (χ0v) is 6.83. The number of aromatic nitrogens is 2. The molecular weight excluding hydrogens is 148 g/mol. The zero-order chi connectivity index (χ0) is 7.97. The fourth-order valence-electron chi connectivity index (χ4n) is 2.03. The molecule has 0 fully saturated rings. The van der Waals surface area contributed by atoms with E-state index in [1.807, 2.05) is 12.3 Å². The van der Waals surface area contributed by atoms with Crippen LogP contribution in [0.3, 0.4) is 0 Å². The number of rotatable bonds is 0. The highest BCUT2D eigenvalue weighted by atomic mass is 15.0. The zero-order valence-electron chi connectivity index (χ0n) is 6.83. The fourth-order valence-corrected chi connectivity index (χ4v) is 2.03. The summed E-state index contributed by atoms with van der Waals surface area (Å²) in [5.41, 5.74) is 3.89. The molecule has 3 heterocycles. The number of pyridine rings is 1. The summed E-state index contributed by atoms with van der Waals surface area (Å²) < 4.78 is 2.38. The van der Waals surface area contributed by atoms with Crippen molar-refractivity contribution in [2.75, 3.05) is 0 Å². The van der Waals surface area contributed by atoms with Crippen LogP contribution >= 0.6 is 0 Å². The summed E-state index contributed by atoms with van der Waals surface area (Å²) in [4.78, 5) is 4.32. The van der Waals surface area contributed by atoms with Crippen LogP contribution in [-0.2, 0) is 13.0 Å². The minimum Gasteiger partial charge on any atom is -0.343 e. The first kappa shape index (κ1) is 6.23. The highest BCUT2D eigenvalue weighted by Gasteiger charge is 2.13. The van der Waals surface area contributed by atoms with Crippen molar-refractivity contribution in [3.63, 3.8) is 0 Å². The fraction of sp³-hybridized carbons (Fsp3) is 0.300. The minimum atomic E-state index is 1.15. The Hall–Kier alpha value is -1.31. The summed E-state index contributed by atoms with van der Waals surface area (Å²) in [6.07, 6.45) is 4.37. The van der Waals surface area contributed by atoms with Gasteiger partial charge in [-0.1, -0.05) is 0 Å². The average Bonchev–Trinajstić information content (AvgIpc) is 2.62. The minimum absolute atomic E-state index is 1.15. The Bertz CT molecular complexity index is 428. The second-order valence-electron chi connectivity index (χ2n) is 3.30. The molecule has 0 radical (unpaired) electrons. The molecule has 1 aliphatic heterocycles. The van der Waals surface area contributed by atoms with Gasteiger partial charge in [-0.05, 0) is 31.0 Å². The molecule has 0 N–H and O–H groups in total. The van der Waals surface area contributed by atoms with Crippen LogP contribution < -0.4 is 0 Å². The number of fused-ring (bicyclic) bond motifs is 3. The van der Waals surface area contributed by atoms with Crippen LogP contribution in [0.25, 0.3) is 11.0 Å². The van der Waals surface area contributed by atoms with Crippen molar-refractivity contribution in [2.24, 2.45) is 0 Å². The lowest BCUT2D eigenvalue weighted by Gasteiger charge is -1.97. The highest BCUT2D eigenvalue weighted by Crippen LogP contribution is 2.23. The van der Waals surface area contributed by atoms with Crippen LogP contribution in [0, 0.1) is 0 Å². The molecule has 0 saturated heterocycles. The number of aryl methyl sites for hydroxylation is 2. The van der Waals surface area contributed by atoms with E-state index >= 15 is 0 Å². The summed E-state index contributed by atoms with van der Waals surface area (Å²) in [6, 6.07) is 6.37. The maximum atomic E-state index is 4.32. The lowest BCUT2D eigenvalue weighted by molar-refractivity contribution is 0.772. The van der Waals surface area contributed by atoms with Gasteiger partial charge >= 0.3 is 0 Å². The van der Waals surface area contributed by atoms with Gasteiger partial charge in [-0.2, -0.15) is 0 Å². The second kappa shape index (κ2) is 2.09. The third-order valence-corrected chi connectivity index (χ3v) is 2.57. The van der Waals surface area contributed by atoms with Gasteiger partial charge in [-0.25, -0.2) is 0 Å². The topological polar surface area (TPSA) is 17.8 Å². The van der Waals surface area contributed by atoms with Gasteiger partial charge in [0, 0.05) is 18.4 Å². The van der Waals surface area contributed by atoms with Gasteiger partial charge < -0.3 is 4.57 Å². The summed E-state index contributed by atoms with van der Waals surface area (Å²) in [5.74, 6) is 0. The monoisotopic (exact) mass is 158 g/mol. The van der Waals surface area contributed by atoms with E-state index in [1.165, 1.54) is 30.6 Å². The van der Waals surface area contributed by atoms with Gasteiger partial charge in [0.15, 0.2) is 0 Å². The van der Waals surface area contributed by atoms with E-state index in [1.54, 1.807) is 0 Å². The molecule has 1 aliphatic rings. The lowest BCUT2D eigenvalue weighted by Crippen LogP contribution is -1.90. The van der Waals surface area contributed by atoms with Crippen molar-refractivity contribution in [2.45, 2.75) is 19.4 Å². The molecule has 0 aromatic carbocycles. The summed E-state index contributed by atoms with van der Waals surface area (Å²) in [5, 5.41) is 0. The van der Waals surface area contributed by atoms with Crippen molar-refractivity contribution in [1.82, 2.24) is 9.55 Å². The van der Waals surface area contributed by atoms with Crippen LogP contribution in [0.5, 0.6) is 0 Å². The summed E-state index contributed by atoms with van der Waals surface area (Å²) in [6.45, 7) is 1.17. The van der Waals surface area contributed by atoms with Crippen LogP contribution in [0.15, 0.2) is 24.4 Å². The molecule has 2 aromatic rings. The van der Waals surface area contributed by atoms with Gasteiger partial charge in [-0.3, -0.25) is 4.98 Å². The lowest BCUT2D eigenvalue weighted by atomic mass is 10.3. The number of nitrogens with zero attached hydrogens (tertiary/aromatic N) is 2. The van der Waals surface area contributed by atoms with Crippen molar-refractivity contribution >= 4 is 11.0 Å². The molecular formula is C10H10N2. The standard InChI is InChI=1S/C10H10N2/c1-4-10-9(11-5-1)7-8-3-2-6-12(8)10/h1,4-5,7H,2-3,6H2. The van der Waals surface area contributed by atoms with Crippen LogP contribution in [0.2, 0.25) is 0 Å². The van der Waals surface area contributed by atoms with E-state index in [9.17, 15) is 0 Å². The van der Waals surface area contributed by atoms with Gasteiger partial charge in [0.2, 0.25) is 0 Å². The van der Waals surface area contributed by atoms with E-state index in [0.29, 0.717) is 0 Å². The van der Waals surface area contributed by atoms with E-state index in [-0.39, 0.29) is 0 Å². The Morgan fingerprint density at radius 1 is 1.42 bits per heavy atom. The van der Waals surface area contributed by atoms with E-state index < -0.39 is 0 Å². The molecule has 0 atom stereocenters. The summed E-state index contributed by atoms with van der Waals surface area (Å²) >= 11 is 0. The Morgan fingerprint density at radius 2 is 2.42 bits per heavy atom. The molecule has 12 heavy (non-hydrogen) atoms. The molecule has 0 amide bonds. The highest BCUT2D eigenvalue weighted by molar-refractivity contribution is 5.77. The van der Waals surface area contributed by atoms with Crippen molar-refractivity contribution in [1.29, 1.82) is 0 Å². The first-order valence-electron chi connectivity index (χ1n) is 4.38. The molecule has 0 saturated carbocycles. The van der Waals surface area contributed by atoms with Gasteiger partial charge in [0.1, 0.15) is 0 Å². The number of hydrogen-bond donors (Lipinski definition) is 0. The quantitative estimate of drug-likeness (QED) is 0.573. The van der Waals surface area contributed by atoms with Crippen molar-refractivity contribution in [3.8, 4) is 0 Å². The maximum Gasteiger partial charge on any atom is 0.0883 e. The summed E-state index contributed by atoms with van der Waals surface area (Å²) in [7, 11) is 0. The smallest absolute Gasteiger partial charge is 0.0883 e. The Morgan fingerprint density at radius 3 is 3.42 bits per heavy atom. The Kier molecular flexibility index (Phi) is 1.09. The van der Waals surface area contributed by atoms with E-state index in [4.69, 9.17) is 0 Å². The maximum absolute atomic E-state index is 4.32. The van der Waals surface area contributed by atoms with Gasteiger partial charge in [-0.15, -0.1) is 0 Å². The van der Waals surface area contributed by atoms with E-state index in [0.717, 1.165) is 5.52 Å². The molecule has 0 unspecified atom stereocenters. The van der Waals surface area contributed by atoms with Crippen LogP contribution in [0.4, 0.5) is 0 Å². The first-order valence-corrected chi connectivity index (χ1v) is 4.38. The Balaban J connectivity index is 2.44. The number of hydrogen-bond acceptors (Lipinski definition) is 1. The van der Waals surface area contributed by atoms with Crippen LogP contribution in [0.1, 0.15) is 12.1 Å². The molecule has 0 bridgehead atoms. The molecule has 2 nitrogen and oxygen atoms in total. The molecule has 60 valence electrons. The Labute approximate surface area is 70.8 Å². The molecule has 0 spiro atoms. The van der Waals surface area contributed by atoms with Gasteiger partial charge in [0.05, 0.1) is 11.0 Å². The predicted molar refractivity (Wildman–Crippen MR) is 48.1 cm³/mol. The van der Waals surface area contributed by atoms with Crippen molar-refractivity contribution in [3.05, 3.63) is 30.1 Å². The average molecular weight is 158 g/mol. The second-order valence-corrected chi connectivity index (χ2v) is 3.30.